The van der Waals surface area contributed by atoms with Crippen LogP contribution in [-0.4, -0.2) is 39.9 Å². The molecule has 0 radical (unpaired) electrons. The molecule has 1 aliphatic rings. The van der Waals surface area contributed by atoms with E-state index in [4.69, 9.17) is 0 Å². The third kappa shape index (κ3) is 4.97. The Hall–Kier alpha value is -4.98. The molecule has 1 aliphatic heterocycles. The molecule has 1 fully saturated rings. The summed E-state index contributed by atoms with van der Waals surface area (Å²) in [4.78, 5) is 39.7. The summed E-state index contributed by atoms with van der Waals surface area (Å²) >= 11 is 0. The Labute approximate surface area is 219 Å². The first-order valence-corrected chi connectivity index (χ1v) is 12.6. The highest BCUT2D eigenvalue weighted by Crippen LogP contribution is 2.25. The van der Waals surface area contributed by atoms with Crippen LogP contribution in [0.4, 0.5) is 17.1 Å². The summed E-state index contributed by atoms with van der Waals surface area (Å²) in [6.07, 6.45) is 5.69. The summed E-state index contributed by atoms with van der Waals surface area (Å²) < 4.78 is 0. The second-order valence-electron chi connectivity index (χ2n) is 9.29. The van der Waals surface area contributed by atoms with E-state index in [0.29, 0.717) is 28.3 Å². The Morgan fingerprint density at radius 3 is 2.16 bits per heavy atom. The minimum absolute atomic E-state index is 0.155. The van der Waals surface area contributed by atoms with Crippen LogP contribution in [0.5, 0.6) is 0 Å². The zero-order chi connectivity index (χ0) is 25.9. The highest BCUT2D eigenvalue weighted by molar-refractivity contribution is 6.05. The van der Waals surface area contributed by atoms with Gasteiger partial charge in [-0.25, -0.2) is 4.98 Å². The van der Waals surface area contributed by atoms with Gasteiger partial charge in [-0.05, 0) is 79.6 Å². The summed E-state index contributed by atoms with van der Waals surface area (Å²) in [6.45, 7) is 2.15. The maximum absolute atomic E-state index is 12.8. The highest BCUT2D eigenvalue weighted by Gasteiger charge is 2.14. The molecule has 3 heterocycles. The topological polar surface area (TPSA) is 103 Å². The van der Waals surface area contributed by atoms with Crippen molar-refractivity contribution in [1.29, 1.82) is 0 Å². The van der Waals surface area contributed by atoms with Crippen LogP contribution in [0, 0.1) is 0 Å². The van der Waals surface area contributed by atoms with Crippen LogP contribution in [-0.2, 0) is 0 Å². The van der Waals surface area contributed by atoms with Gasteiger partial charge in [0.15, 0.2) is 0 Å². The number of nitrogens with one attached hydrogen (secondary N) is 3. The van der Waals surface area contributed by atoms with E-state index in [9.17, 15) is 9.59 Å². The van der Waals surface area contributed by atoms with Gasteiger partial charge in [0, 0.05) is 47.4 Å². The fraction of sp³-hybridized carbons (Fsp3) is 0.133. The smallest absolute Gasteiger partial charge is 0.255 e. The lowest BCUT2D eigenvalue weighted by molar-refractivity contribution is 0.101. The standard InChI is InChI=1S/C30H26N6O2/c37-29(22-9-12-25(13-10-22)36-16-1-2-17-36)32-23-11-14-26-27(18-23)35-28(34-26)20-5-7-21(8-6-20)30(38)33-24-4-3-15-31-19-24/h3-15,18-19H,1-2,16-17H2,(H,32,37)(H,33,38)(H,34,35). The molecule has 3 aromatic carbocycles. The molecule has 38 heavy (non-hydrogen) atoms. The molecule has 6 rings (SSSR count). The second-order valence-corrected chi connectivity index (χ2v) is 9.29. The molecule has 8 heteroatoms. The number of aromatic nitrogens is 3. The van der Waals surface area contributed by atoms with Crippen LogP contribution >= 0.6 is 0 Å². The molecule has 0 bridgehead atoms. The quantitative estimate of drug-likeness (QED) is 0.275. The molecule has 1 saturated heterocycles. The molecule has 2 aromatic heterocycles. The number of amides is 2. The van der Waals surface area contributed by atoms with E-state index in [1.807, 2.05) is 54.6 Å². The summed E-state index contributed by atoms with van der Waals surface area (Å²) in [5, 5.41) is 5.81. The lowest BCUT2D eigenvalue weighted by Crippen LogP contribution is -2.18. The largest absolute Gasteiger partial charge is 0.372 e. The number of H-pyrrole nitrogens is 1. The summed E-state index contributed by atoms with van der Waals surface area (Å²) in [6, 6.07) is 24.1. The van der Waals surface area contributed by atoms with Crippen molar-refractivity contribution in [3.8, 4) is 11.4 Å². The van der Waals surface area contributed by atoms with Gasteiger partial charge in [0.05, 0.1) is 22.9 Å². The predicted molar refractivity (Wildman–Crippen MR) is 150 cm³/mol. The number of hydrogen-bond donors (Lipinski definition) is 3. The minimum Gasteiger partial charge on any atom is -0.372 e. The molecule has 3 N–H and O–H groups in total. The molecule has 8 nitrogen and oxygen atoms in total. The molecule has 0 atom stereocenters. The Kier molecular flexibility index (Phi) is 6.27. The van der Waals surface area contributed by atoms with E-state index in [-0.39, 0.29) is 11.8 Å². The number of benzene rings is 3. The first-order valence-electron chi connectivity index (χ1n) is 12.6. The maximum Gasteiger partial charge on any atom is 0.255 e. The van der Waals surface area contributed by atoms with Gasteiger partial charge in [0.1, 0.15) is 5.82 Å². The number of anilines is 3. The lowest BCUT2D eigenvalue weighted by atomic mass is 10.1. The number of aromatic amines is 1. The third-order valence-corrected chi connectivity index (χ3v) is 6.68. The van der Waals surface area contributed by atoms with Crippen LogP contribution in [0.15, 0.2) is 91.3 Å². The van der Waals surface area contributed by atoms with Crippen molar-refractivity contribution >= 4 is 39.9 Å². The monoisotopic (exact) mass is 502 g/mol. The SMILES string of the molecule is O=C(Nc1cccnc1)c1ccc(-c2nc3ccc(NC(=O)c4ccc(N5CCCC5)cc4)cc3[nH]2)cc1. The maximum atomic E-state index is 12.8. The number of rotatable bonds is 6. The Balaban J connectivity index is 1.14. The summed E-state index contributed by atoms with van der Waals surface area (Å²) in [7, 11) is 0. The molecular formula is C30H26N6O2. The molecule has 2 amide bonds. The fourth-order valence-electron chi connectivity index (χ4n) is 4.65. The third-order valence-electron chi connectivity index (χ3n) is 6.68. The van der Waals surface area contributed by atoms with E-state index in [1.165, 1.54) is 12.8 Å². The number of nitrogens with zero attached hydrogens (tertiary/aromatic N) is 3. The molecule has 0 unspecified atom stereocenters. The van der Waals surface area contributed by atoms with Crippen molar-refractivity contribution in [2.75, 3.05) is 28.6 Å². The number of hydrogen-bond acceptors (Lipinski definition) is 5. The van der Waals surface area contributed by atoms with Gasteiger partial charge >= 0.3 is 0 Å². The van der Waals surface area contributed by atoms with Crippen molar-refractivity contribution in [3.63, 3.8) is 0 Å². The number of carbonyl (C=O) groups is 2. The predicted octanol–water partition coefficient (Wildman–Crippen LogP) is 5.73. The van der Waals surface area contributed by atoms with Crippen LogP contribution in [0.25, 0.3) is 22.4 Å². The van der Waals surface area contributed by atoms with Crippen LogP contribution in [0.1, 0.15) is 33.6 Å². The van der Waals surface area contributed by atoms with Gasteiger partial charge in [-0.2, -0.15) is 0 Å². The minimum atomic E-state index is -0.208. The van der Waals surface area contributed by atoms with Crippen molar-refractivity contribution < 1.29 is 9.59 Å². The molecular weight excluding hydrogens is 476 g/mol. The number of carbonyl (C=O) groups excluding carboxylic acids is 2. The average molecular weight is 503 g/mol. The van der Waals surface area contributed by atoms with Gasteiger partial charge in [-0.3, -0.25) is 14.6 Å². The zero-order valence-electron chi connectivity index (χ0n) is 20.6. The molecule has 188 valence electrons. The number of imidazole rings is 1. The van der Waals surface area contributed by atoms with E-state index < -0.39 is 0 Å². The zero-order valence-corrected chi connectivity index (χ0v) is 20.6. The number of pyridine rings is 1. The second kappa shape index (κ2) is 10.2. The van der Waals surface area contributed by atoms with Crippen LogP contribution in [0.2, 0.25) is 0 Å². The fourth-order valence-corrected chi connectivity index (χ4v) is 4.65. The van der Waals surface area contributed by atoms with Crippen molar-refractivity contribution in [2.45, 2.75) is 12.8 Å². The van der Waals surface area contributed by atoms with Gasteiger partial charge in [-0.15, -0.1) is 0 Å². The van der Waals surface area contributed by atoms with Gasteiger partial charge in [0.2, 0.25) is 0 Å². The van der Waals surface area contributed by atoms with Crippen LogP contribution in [0.3, 0.4) is 0 Å². The van der Waals surface area contributed by atoms with Gasteiger partial charge < -0.3 is 20.5 Å². The first kappa shape index (κ1) is 23.4. The molecule has 0 saturated carbocycles. The first-order chi connectivity index (χ1) is 18.6. The normalized spacial score (nSPS) is 13.0. The van der Waals surface area contributed by atoms with E-state index >= 15 is 0 Å². The van der Waals surface area contributed by atoms with E-state index in [1.54, 1.807) is 36.7 Å². The Morgan fingerprint density at radius 2 is 1.47 bits per heavy atom. The average Bonchev–Trinajstić information content (AvgIpc) is 3.64. The highest BCUT2D eigenvalue weighted by atomic mass is 16.2. The van der Waals surface area contributed by atoms with Gasteiger partial charge in [-0.1, -0.05) is 12.1 Å². The Bertz CT molecular complexity index is 1590. The lowest BCUT2D eigenvalue weighted by Gasteiger charge is -2.17. The van der Waals surface area contributed by atoms with E-state index in [0.717, 1.165) is 35.4 Å². The van der Waals surface area contributed by atoms with Crippen molar-refractivity contribution in [2.24, 2.45) is 0 Å². The number of fused-ring (bicyclic) bond motifs is 1. The van der Waals surface area contributed by atoms with Crippen LogP contribution < -0.4 is 15.5 Å². The molecule has 5 aromatic rings. The van der Waals surface area contributed by atoms with Crippen molar-refractivity contribution in [1.82, 2.24) is 15.0 Å². The summed E-state index contributed by atoms with van der Waals surface area (Å²) in [5.74, 6) is 0.317. The molecule has 0 spiro atoms. The summed E-state index contributed by atoms with van der Waals surface area (Å²) in [5.41, 5.74) is 6.07. The van der Waals surface area contributed by atoms with Crippen molar-refractivity contribution in [3.05, 3.63) is 102 Å². The molecule has 0 aliphatic carbocycles. The van der Waals surface area contributed by atoms with Gasteiger partial charge in [0.25, 0.3) is 11.8 Å². The van der Waals surface area contributed by atoms with E-state index in [2.05, 4.69) is 30.5 Å². The Morgan fingerprint density at radius 1 is 0.789 bits per heavy atom.